The van der Waals surface area contributed by atoms with Crippen molar-refractivity contribution in [2.75, 3.05) is 26.2 Å². The third kappa shape index (κ3) is 2.50. The highest BCUT2D eigenvalue weighted by atomic mass is 15.3. The highest BCUT2D eigenvalue weighted by molar-refractivity contribution is 5.13. The van der Waals surface area contributed by atoms with E-state index in [1.165, 1.54) is 45.4 Å². The first-order valence-electron chi connectivity index (χ1n) is 8.16. The van der Waals surface area contributed by atoms with E-state index in [-0.39, 0.29) is 0 Å². The quantitative estimate of drug-likeness (QED) is 0.721. The summed E-state index contributed by atoms with van der Waals surface area (Å²) in [6.45, 7) is 14.5. The summed E-state index contributed by atoms with van der Waals surface area (Å²) in [5.74, 6) is 0.751. The Balaban J connectivity index is 1.46. The summed E-state index contributed by atoms with van der Waals surface area (Å²) in [6, 6.07) is 1.63. The summed E-state index contributed by atoms with van der Waals surface area (Å²) in [4.78, 5) is 5.36. The number of hydrogen-bond donors (Lipinski definition) is 0. The molecule has 19 heavy (non-hydrogen) atoms. The summed E-state index contributed by atoms with van der Waals surface area (Å²) < 4.78 is 0. The minimum atomic E-state index is 0.719. The largest absolute Gasteiger partial charge is 0.300 e. The number of nitrogens with zero attached hydrogens (tertiary/aromatic N) is 2. The van der Waals surface area contributed by atoms with E-state index in [0.717, 1.165) is 23.4 Å². The van der Waals surface area contributed by atoms with Crippen molar-refractivity contribution in [1.29, 1.82) is 0 Å². The molecule has 1 aliphatic carbocycles. The molecule has 0 aromatic rings. The van der Waals surface area contributed by atoms with Crippen LogP contribution >= 0.6 is 0 Å². The normalized spacial score (nSPS) is 28.6. The molecule has 0 unspecified atom stereocenters. The van der Waals surface area contributed by atoms with Gasteiger partial charge in [-0.3, -0.25) is 9.80 Å². The molecule has 1 saturated carbocycles. The van der Waals surface area contributed by atoms with Gasteiger partial charge in [-0.15, -0.1) is 0 Å². The summed E-state index contributed by atoms with van der Waals surface area (Å²) >= 11 is 0. The van der Waals surface area contributed by atoms with E-state index in [2.05, 4.69) is 43.6 Å². The second-order valence-corrected chi connectivity index (χ2v) is 7.74. The van der Waals surface area contributed by atoms with Crippen LogP contribution in [-0.2, 0) is 0 Å². The third-order valence-corrected chi connectivity index (χ3v) is 5.68. The lowest BCUT2D eigenvalue weighted by Crippen LogP contribution is -2.67. The number of rotatable bonds is 3. The predicted octanol–water partition coefficient (Wildman–Crippen LogP) is 3.15. The molecule has 2 aliphatic heterocycles. The Morgan fingerprint density at radius 3 is 2.32 bits per heavy atom. The Bertz CT molecular complexity index is 355. The molecule has 2 heterocycles. The fourth-order valence-electron chi connectivity index (χ4n) is 4.19. The highest BCUT2D eigenvalue weighted by Gasteiger charge is 2.53. The van der Waals surface area contributed by atoms with Gasteiger partial charge in [0.1, 0.15) is 0 Å². The Hall–Kier alpha value is -0.340. The van der Waals surface area contributed by atoms with Crippen LogP contribution in [0, 0.1) is 11.3 Å². The van der Waals surface area contributed by atoms with Crippen molar-refractivity contribution in [2.24, 2.45) is 11.3 Å². The van der Waals surface area contributed by atoms with Gasteiger partial charge in [-0.25, -0.2) is 0 Å². The van der Waals surface area contributed by atoms with Crippen molar-refractivity contribution in [3.05, 3.63) is 11.6 Å². The number of likely N-dealkylation sites (tertiary alicyclic amines) is 1. The van der Waals surface area contributed by atoms with Crippen molar-refractivity contribution in [2.45, 2.75) is 59.0 Å². The highest BCUT2D eigenvalue weighted by Crippen LogP contribution is 2.51. The lowest BCUT2D eigenvalue weighted by Gasteiger charge is -2.62. The summed E-state index contributed by atoms with van der Waals surface area (Å²) in [7, 11) is 0. The van der Waals surface area contributed by atoms with Crippen LogP contribution in [0.5, 0.6) is 0 Å². The average Bonchev–Trinajstić information content (AvgIpc) is 2.25. The van der Waals surface area contributed by atoms with Gasteiger partial charge >= 0.3 is 0 Å². The van der Waals surface area contributed by atoms with Gasteiger partial charge in [0.15, 0.2) is 0 Å². The average molecular weight is 262 g/mol. The van der Waals surface area contributed by atoms with Gasteiger partial charge < -0.3 is 0 Å². The smallest absolute Gasteiger partial charge is 0.0169 e. The van der Waals surface area contributed by atoms with Crippen LogP contribution in [-0.4, -0.2) is 48.1 Å². The van der Waals surface area contributed by atoms with Crippen molar-refractivity contribution >= 4 is 0 Å². The first kappa shape index (κ1) is 13.6. The standard InChI is InChI=1S/C17H30N2/c1-13(2)15-5-7-18(8-6-15)16-9-17(10-16)11-19(12-17)14(3)4/h5,13-14,16H,6-12H2,1-4H3. The molecule has 0 aromatic heterocycles. The molecule has 0 radical (unpaired) electrons. The molecule has 2 fully saturated rings. The fraction of sp³-hybridized carbons (Fsp3) is 0.882. The van der Waals surface area contributed by atoms with Gasteiger partial charge in [0, 0.05) is 38.3 Å². The van der Waals surface area contributed by atoms with Crippen LogP contribution in [0.2, 0.25) is 0 Å². The van der Waals surface area contributed by atoms with Gasteiger partial charge in [-0.1, -0.05) is 25.5 Å². The first-order chi connectivity index (χ1) is 8.99. The maximum Gasteiger partial charge on any atom is 0.0169 e. The van der Waals surface area contributed by atoms with Crippen LogP contribution in [0.25, 0.3) is 0 Å². The van der Waals surface area contributed by atoms with Crippen LogP contribution in [0.3, 0.4) is 0 Å². The molecule has 1 saturated heterocycles. The van der Waals surface area contributed by atoms with E-state index in [9.17, 15) is 0 Å². The Morgan fingerprint density at radius 2 is 1.84 bits per heavy atom. The molecule has 3 rings (SSSR count). The molecule has 2 heteroatoms. The summed E-state index contributed by atoms with van der Waals surface area (Å²) in [6.07, 6.45) is 6.72. The molecule has 0 amide bonds. The first-order valence-corrected chi connectivity index (χ1v) is 8.16. The topological polar surface area (TPSA) is 6.48 Å². The van der Waals surface area contributed by atoms with Gasteiger partial charge in [0.2, 0.25) is 0 Å². The van der Waals surface area contributed by atoms with Crippen molar-refractivity contribution < 1.29 is 0 Å². The zero-order valence-corrected chi connectivity index (χ0v) is 13.2. The van der Waals surface area contributed by atoms with Gasteiger partial charge in [0.25, 0.3) is 0 Å². The molecule has 2 nitrogen and oxygen atoms in total. The zero-order valence-electron chi connectivity index (χ0n) is 13.2. The lowest BCUT2D eigenvalue weighted by molar-refractivity contribution is -0.118. The van der Waals surface area contributed by atoms with Crippen LogP contribution in [0.15, 0.2) is 11.6 Å². The van der Waals surface area contributed by atoms with Crippen molar-refractivity contribution in [1.82, 2.24) is 9.80 Å². The van der Waals surface area contributed by atoms with E-state index in [0.29, 0.717) is 0 Å². The van der Waals surface area contributed by atoms with Crippen LogP contribution in [0.1, 0.15) is 47.0 Å². The molecule has 108 valence electrons. The van der Waals surface area contributed by atoms with Gasteiger partial charge in [0.05, 0.1) is 0 Å². The van der Waals surface area contributed by atoms with Crippen molar-refractivity contribution in [3.63, 3.8) is 0 Å². The molecular weight excluding hydrogens is 232 g/mol. The Morgan fingerprint density at radius 1 is 1.16 bits per heavy atom. The van der Waals surface area contributed by atoms with E-state index in [1.807, 2.05) is 0 Å². The second-order valence-electron chi connectivity index (χ2n) is 7.74. The zero-order chi connectivity index (χ0) is 13.6. The third-order valence-electron chi connectivity index (χ3n) is 5.68. The minimum absolute atomic E-state index is 0.719. The monoisotopic (exact) mass is 262 g/mol. The molecule has 0 aromatic carbocycles. The van der Waals surface area contributed by atoms with Gasteiger partial charge in [-0.2, -0.15) is 0 Å². The molecular formula is C17H30N2. The Labute approximate surface area is 118 Å². The molecule has 0 atom stereocenters. The van der Waals surface area contributed by atoms with E-state index >= 15 is 0 Å². The number of hydrogen-bond acceptors (Lipinski definition) is 2. The second kappa shape index (κ2) is 4.89. The molecule has 0 N–H and O–H groups in total. The summed E-state index contributed by atoms with van der Waals surface area (Å²) in [5.41, 5.74) is 2.40. The Kier molecular flexibility index (Phi) is 3.51. The molecule has 1 spiro atoms. The van der Waals surface area contributed by atoms with Crippen molar-refractivity contribution in [3.8, 4) is 0 Å². The lowest BCUT2D eigenvalue weighted by atomic mass is 9.59. The van der Waals surface area contributed by atoms with Gasteiger partial charge in [-0.05, 0) is 44.4 Å². The fourth-order valence-corrected chi connectivity index (χ4v) is 4.19. The maximum absolute atomic E-state index is 2.73. The van der Waals surface area contributed by atoms with E-state index < -0.39 is 0 Å². The molecule has 3 aliphatic rings. The van der Waals surface area contributed by atoms with Crippen LogP contribution < -0.4 is 0 Å². The van der Waals surface area contributed by atoms with Crippen LogP contribution in [0.4, 0.5) is 0 Å². The predicted molar refractivity (Wildman–Crippen MR) is 81.3 cm³/mol. The SMILES string of the molecule is CC(C)C1=CCN(C2CC3(C2)CN(C(C)C)C3)CC1. The van der Waals surface area contributed by atoms with E-state index in [4.69, 9.17) is 0 Å². The summed E-state index contributed by atoms with van der Waals surface area (Å²) in [5, 5.41) is 0. The van der Waals surface area contributed by atoms with E-state index in [1.54, 1.807) is 5.57 Å². The maximum atomic E-state index is 2.73. The minimum Gasteiger partial charge on any atom is -0.300 e. The molecule has 0 bridgehead atoms.